The molecule has 0 aliphatic carbocycles. The van der Waals surface area contributed by atoms with Crippen molar-refractivity contribution in [2.75, 3.05) is 19.4 Å². The van der Waals surface area contributed by atoms with Crippen molar-refractivity contribution < 1.29 is 41.8 Å². The van der Waals surface area contributed by atoms with E-state index in [9.17, 15) is 36.7 Å². The molecule has 12 nitrogen and oxygen atoms in total. The molecule has 3 amide bonds. The summed E-state index contributed by atoms with van der Waals surface area (Å²) >= 11 is 0. The van der Waals surface area contributed by atoms with Gasteiger partial charge in [-0.3, -0.25) is 14.4 Å². The Balaban J connectivity index is 1.55. The summed E-state index contributed by atoms with van der Waals surface area (Å²) in [5.74, 6) is -6.65. The van der Waals surface area contributed by atoms with Crippen LogP contribution in [-0.2, 0) is 16.1 Å². The highest BCUT2D eigenvalue weighted by molar-refractivity contribution is 5.96. The van der Waals surface area contributed by atoms with Gasteiger partial charge in [0.2, 0.25) is 11.8 Å². The Morgan fingerprint density at radius 2 is 1.87 bits per heavy atom. The van der Waals surface area contributed by atoms with Crippen molar-refractivity contribution in [1.29, 1.82) is 0 Å². The molecule has 236 valence electrons. The van der Waals surface area contributed by atoms with E-state index in [1.807, 2.05) is 0 Å². The molecule has 0 fully saturated rings. The number of nitrogens with one attached hydrogen (secondary N) is 3. The fraction of sp³-hybridized carbons (Fsp3) is 0.207. The normalized spacial score (nSPS) is 11.9. The van der Waals surface area contributed by atoms with Gasteiger partial charge in [-0.05, 0) is 43.2 Å². The topological polar surface area (TPSA) is 159 Å². The lowest BCUT2D eigenvalue weighted by atomic mass is 10.1. The van der Waals surface area contributed by atoms with Crippen molar-refractivity contribution in [2.24, 2.45) is 0 Å². The summed E-state index contributed by atoms with van der Waals surface area (Å²) in [6, 6.07) is 4.23. The Bertz CT molecular complexity index is 1860. The summed E-state index contributed by atoms with van der Waals surface area (Å²) in [4.78, 5) is 57.0. The maximum Gasteiger partial charge on any atom is 0.405 e. The molecule has 0 aliphatic rings. The number of carbonyl (C=O) groups excluding carboxylic acids is 2. The number of anilines is 1. The Labute approximate surface area is 251 Å². The third-order valence-corrected chi connectivity index (χ3v) is 6.32. The van der Waals surface area contributed by atoms with Gasteiger partial charge in [0, 0.05) is 32.4 Å². The van der Waals surface area contributed by atoms with E-state index in [4.69, 9.17) is 9.84 Å². The number of imidazole rings is 1. The first kappa shape index (κ1) is 32.2. The number of carbonyl (C=O) groups is 3. The van der Waals surface area contributed by atoms with Crippen LogP contribution in [-0.4, -0.2) is 62.6 Å². The zero-order valence-corrected chi connectivity index (χ0v) is 23.7. The van der Waals surface area contributed by atoms with Crippen molar-refractivity contribution in [1.82, 2.24) is 24.8 Å². The zero-order chi connectivity index (χ0) is 32.8. The van der Waals surface area contributed by atoms with E-state index >= 15 is 0 Å². The fourth-order valence-corrected chi connectivity index (χ4v) is 4.12. The predicted octanol–water partition coefficient (Wildman–Crippen LogP) is 4.12. The number of rotatable bonds is 11. The molecule has 16 heteroatoms. The van der Waals surface area contributed by atoms with E-state index in [2.05, 4.69) is 20.6 Å². The van der Waals surface area contributed by atoms with Crippen molar-refractivity contribution in [2.45, 2.75) is 25.4 Å². The summed E-state index contributed by atoms with van der Waals surface area (Å²) < 4.78 is 63.1. The third kappa shape index (κ3) is 7.84. The van der Waals surface area contributed by atoms with Crippen LogP contribution < -0.4 is 20.9 Å². The number of aromatic amines is 1. The van der Waals surface area contributed by atoms with Crippen LogP contribution in [0, 0.1) is 23.3 Å². The van der Waals surface area contributed by atoms with Gasteiger partial charge in [0.25, 0.3) is 5.56 Å². The van der Waals surface area contributed by atoms with E-state index in [0.717, 1.165) is 16.7 Å². The number of carboxylic acid groups (broad SMARTS) is 1. The Kier molecular flexibility index (Phi) is 9.85. The monoisotopic (exact) mass is 630 g/mol. The summed E-state index contributed by atoms with van der Waals surface area (Å²) in [5, 5.41) is 13.6. The standard InChI is InChI=1S/C29H26F4N6O6/c1-38(2)23(40)8-4-3-6-19(35-29(43)44)27(41)34-20-7-5-11-39(28(20)42)14-22-36-24-17(32)13-18(33)26(25(24)37-22)45-21-10-9-15(30)12-16(21)31/h4-5,7-13,19,35H,3,6,14H2,1-2H3,(H,34,41)(H,36,37)(H,43,44)/b8-4+. The second-order valence-electron chi connectivity index (χ2n) is 9.81. The number of halogens is 4. The molecule has 0 bridgehead atoms. The number of hydrogen-bond acceptors (Lipinski definition) is 6. The molecule has 2 aromatic carbocycles. The number of H-pyrrole nitrogens is 1. The van der Waals surface area contributed by atoms with Crippen LogP contribution in [0.5, 0.6) is 11.5 Å². The number of allylic oxidation sites excluding steroid dienone is 1. The lowest BCUT2D eigenvalue weighted by Crippen LogP contribution is -2.44. The first-order chi connectivity index (χ1) is 21.3. The first-order valence-corrected chi connectivity index (χ1v) is 13.2. The number of aromatic nitrogens is 3. The van der Waals surface area contributed by atoms with E-state index in [0.29, 0.717) is 12.1 Å². The Morgan fingerprint density at radius 1 is 1.11 bits per heavy atom. The number of pyridine rings is 1. The minimum Gasteiger partial charge on any atom is -0.465 e. The lowest BCUT2D eigenvalue weighted by Gasteiger charge is -2.16. The molecule has 1 unspecified atom stereocenters. The number of likely N-dealkylation sites (N-methyl/N-ethyl adjacent to an activating group) is 1. The molecule has 0 saturated carbocycles. The van der Waals surface area contributed by atoms with Crippen LogP contribution >= 0.6 is 0 Å². The van der Waals surface area contributed by atoms with E-state index in [1.165, 1.54) is 35.4 Å². The molecule has 0 spiro atoms. The van der Waals surface area contributed by atoms with Gasteiger partial charge in [0.15, 0.2) is 29.0 Å². The quantitative estimate of drug-likeness (QED) is 0.143. The molecule has 45 heavy (non-hydrogen) atoms. The maximum absolute atomic E-state index is 14.7. The number of hydrogen-bond donors (Lipinski definition) is 4. The summed E-state index contributed by atoms with van der Waals surface area (Å²) in [5.41, 5.74) is -1.64. The molecule has 2 aromatic heterocycles. The number of nitrogens with zero attached hydrogens (tertiary/aromatic N) is 3. The Morgan fingerprint density at radius 3 is 2.56 bits per heavy atom. The summed E-state index contributed by atoms with van der Waals surface area (Å²) in [6.07, 6.45) is 2.75. The van der Waals surface area contributed by atoms with Gasteiger partial charge in [0.1, 0.15) is 34.4 Å². The highest BCUT2D eigenvalue weighted by Gasteiger charge is 2.23. The van der Waals surface area contributed by atoms with Crippen LogP contribution in [0.3, 0.4) is 0 Å². The van der Waals surface area contributed by atoms with Crippen LogP contribution in [0.1, 0.15) is 18.7 Å². The van der Waals surface area contributed by atoms with Crippen LogP contribution in [0.2, 0.25) is 0 Å². The molecule has 0 radical (unpaired) electrons. The molecule has 4 N–H and O–H groups in total. The van der Waals surface area contributed by atoms with Crippen molar-refractivity contribution in [3.8, 4) is 11.5 Å². The molecule has 4 rings (SSSR count). The van der Waals surface area contributed by atoms with Gasteiger partial charge in [-0.15, -0.1) is 0 Å². The zero-order valence-electron chi connectivity index (χ0n) is 23.7. The van der Waals surface area contributed by atoms with Crippen LogP contribution in [0.4, 0.5) is 28.0 Å². The highest BCUT2D eigenvalue weighted by atomic mass is 19.1. The van der Waals surface area contributed by atoms with Gasteiger partial charge >= 0.3 is 6.09 Å². The average molecular weight is 631 g/mol. The number of benzene rings is 2. The molecule has 1 atom stereocenters. The smallest absolute Gasteiger partial charge is 0.405 e. The SMILES string of the molecule is CN(C)C(=O)/C=C/CCC(NC(=O)O)C(=O)Nc1cccn(Cc2nc3c(F)cc(F)c(Oc4ccc(F)cc4F)c3[nH]2)c1=O. The van der Waals surface area contributed by atoms with Gasteiger partial charge in [-0.2, -0.15) is 0 Å². The van der Waals surface area contributed by atoms with Crippen LogP contribution in [0.25, 0.3) is 11.0 Å². The van der Waals surface area contributed by atoms with Crippen LogP contribution in [0.15, 0.2) is 59.5 Å². The minimum atomic E-state index is -1.48. The van der Waals surface area contributed by atoms with Gasteiger partial charge in [-0.1, -0.05) is 6.08 Å². The molecule has 4 aromatic rings. The molecule has 2 heterocycles. The van der Waals surface area contributed by atoms with E-state index in [1.54, 1.807) is 14.1 Å². The second kappa shape index (κ2) is 13.7. The van der Waals surface area contributed by atoms with Crippen molar-refractivity contribution >= 4 is 34.6 Å². The first-order valence-electron chi connectivity index (χ1n) is 13.2. The maximum atomic E-state index is 14.7. The van der Waals surface area contributed by atoms with E-state index < -0.39 is 58.4 Å². The third-order valence-electron chi connectivity index (χ3n) is 6.32. The minimum absolute atomic E-state index is 0.0241. The molecular formula is C29H26F4N6O6. The van der Waals surface area contributed by atoms with Crippen molar-refractivity contribution in [3.05, 3.63) is 94.2 Å². The van der Waals surface area contributed by atoms with Crippen molar-refractivity contribution in [3.63, 3.8) is 0 Å². The predicted molar refractivity (Wildman–Crippen MR) is 153 cm³/mol. The molecule has 0 saturated heterocycles. The van der Waals surface area contributed by atoms with Gasteiger partial charge in [-0.25, -0.2) is 27.3 Å². The average Bonchev–Trinajstić information content (AvgIpc) is 3.39. The summed E-state index contributed by atoms with van der Waals surface area (Å²) in [7, 11) is 3.11. The highest BCUT2D eigenvalue weighted by Crippen LogP contribution is 2.34. The second-order valence-corrected chi connectivity index (χ2v) is 9.81. The number of ether oxygens (including phenoxy) is 1. The Hall–Kier alpha value is -5.67. The number of fused-ring (bicyclic) bond motifs is 1. The number of amides is 3. The fourth-order valence-electron chi connectivity index (χ4n) is 4.12. The van der Waals surface area contributed by atoms with E-state index in [-0.39, 0.29) is 47.8 Å². The lowest BCUT2D eigenvalue weighted by molar-refractivity contribution is -0.123. The molecule has 0 aliphatic heterocycles. The van der Waals surface area contributed by atoms with Gasteiger partial charge < -0.3 is 34.9 Å². The summed E-state index contributed by atoms with van der Waals surface area (Å²) in [6.45, 7) is -0.329. The molecular weight excluding hydrogens is 604 g/mol. The van der Waals surface area contributed by atoms with Gasteiger partial charge in [0.05, 0.1) is 6.54 Å². The largest absolute Gasteiger partial charge is 0.465 e.